The molecule has 0 fully saturated rings. The predicted molar refractivity (Wildman–Crippen MR) is 78.9 cm³/mol. The number of hydrogen-bond donors (Lipinski definition) is 1. The van der Waals surface area contributed by atoms with Crippen molar-refractivity contribution in [2.75, 3.05) is 11.6 Å². The third kappa shape index (κ3) is 3.80. The topological polar surface area (TPSA) is 63.2 Å². The lowest BCUT2D eigenvalue weighted by Crippen LogP contribution is -2.12. The number of rotatable bonds is 3. The maximum Gasteiger partial charge on any atom is 0.255 e. The molecule has 0 spiro atoms. The second kappa shape index (κ2) is 5.83. The van der Waals surface area contributed by atoms with Crippen LogP contribution in [0.4, 0.5) is 10.1 Å². The summed E-state index contributed by atoms with van der Waals surface area (Å²) in [6.07, 6.45) is 1.09. The van der Waals surface area contributed by atoms with Crippen molar-refractivity contribution < 1.29 is 17.6 Å². The minimum atomic E-state index is -3.31. The molecule has 7 heteroatoms. The molecular weight excluding hydrogens is 317 g/mol. The van der Waals surface area contributed by atoms with Gasteiger partial charge < -0.3 is 5.32 Å². The molecule has 0 aliphatic carbocycles. The van der Waals surface area contributed by atoms with Gasteiger partial charge in [-0.05, 0) is 42.5 Å². The third-order valence-corrected chi connectivity index (χ3v) is 4.14. The highest BCUT2D eigenvalue weighted by atomic mass is 35.5. The van der Waals surface area contributed by atoms with Gasteiger partial charge in [0.25, 0.3) is 5.91 Å². The van der Waals surface area contributed by atoms with E-state index < -0.39 is 21.6 Å². The van der Waals surface area contributed by atoms with Gasteiger partial charge in [0.1, 0.15) is 5.82 Å². The highest BCUT2D eigenvalue weighted by Gasteiger charge is 2.10. The summed E-state index contributed by atoms with van der Waals surface area (Å²) in [4.78, 5) is 12.1. The first kappa shape index (κ1) is 15.5. The van der Waals surface area contributed by atoms with Crippen LogP contribution in [0.2, 0.25) is 5.02 Å². The molecule has 0 saturated carbocycles. The van der Waals surface area contributed by atoms with Gasteiger partial charge >= 0.3 is 0 Å². The SMILES string of the molecule is CS(=O)(=O)c1ccc(C(=O)Nc2ccc(F)c(Cl)c2)cc1. The van der Waals surface area contributed by atoms with Gasteiger partial charge in [-0.1, -0.05) is 11.6 Å². The first-order valence-corrected chi connectivity index (χ1v) is 8.11. The Kier molecular flexibility index (Phi) is 4.29. The van der Waals surface area contributed by atoms with Crippen molar-refractivity contribution in [1.82, 2.24) is 0 Å². The van der Waals surface area contributed by atoms with Crippen LogP contribution in [0.25, 0.3) is 0 Å². The van der Waals surface area contributed by atoms with E-state index in [0.717, 1.165) is 12.3 Å². The normalized spacial score (nSPS) is 11.2. The number of halogens is 2. The lowest BCUT2D eigenvalue weighted by Gasteiger charge is -2.06. The monoisotopic (exact) mass is 327 g/mol. The lowest BCUT2D eigenvalue weighted by atomic mass is 10.2. The fourth-order valence-corrected chi connectivity index (χ4v) is 2.44. The molecule has 0 aromatic heterocycles. The average Bonchev–Trinajstić information content (AvgIpc) is 2.42. The summed E-state index contributed by atoms with van der Waals surface area (Å²) in [5.74, 6) is -1.02. The fourth-order valence-electron chi connectivity index (χ4n) is 1.63. The summed E-state index contributed by atoms with van der Waals surface area (Å²) in [6.45, 7) is 0. The highest BCUT2D eigenvalue weighted by molar-refractivity contribution is 7.90. The van der Waals surface area contributed by atoms with E-state index >= 15 is 0 Å². The van der Waals surface area contributed by atoms with Crippen LogP contribution in [0.15, 0.2) is 47.4 Å². The molecule has 0 atom stereocenters. The first-order chi connectivity index (χ1) is 9.77. The summed E-state index contributed by atoms with van der Waals surface area (Å²) in [5, 5.41) is 2.45. The van der Waals surface area contributed by atoms with Gasteiger partial charge in [0, 0.05) is 17.5 Å². The third-order valence-electron chi connectivity index (χ3n) is 2.72. The Morgan fingerprint density at radius 2 is 1.76 bits per heavy atom. The minimum absolute atomic E-state index is 0.0970. The second-order valence-corrected chi connectivity index (χ2v) is 6.80. The Hall–Kier alpha value is -1.92. The van der Waals surface area contributed by atoms with E-state index in [4.69, 9.17) is 11.6 Å². The molecule has 110 valence electrons. The molecular formula is C14H11ClFNO3S. The van der Waals surface area contributed by atoms with E-state index in [9.17, 15) is 17.6 Å². The highest BCUT2D eigenvalue weighted by Crippen LogP contribution is 2.20. The molecule has 0 radical (unpaired) electrons. The number of nitrogens with one attached hydrogen (secondary N) is 1. The zero-order valence-electron chi connectivity index (χ0n) is 10.9. The number of sulfone groups is 1. The Morgan fingerprint density at radius 3 is 2.29 bits per heavy atom. The van der Waals surface area contributed by atoms with Crippen LogP contribution in [0.1, 0.15) is 10.4 Å². The molecule has 2 rings (SSSR count). The second-order valence-electron chi connectivity index (χ2n) is 4.38. The van der Waals surface area contributed by atoms with Crippen LogP contribution in [0, 0.1) is 5.82 Å². The summed E-state index contributed by atoms with van der Waals surface area (Å²) in [5.41, 5.74) is 0.626. The number of benzene rings is 2. The van der Waals surface area contributed by atoms with Crippen molar-refractivity contribution in [2.45, 2.75) is 4.90 Å². The van der Waals surface area contributed by atoms with Crippen molar-refractivity contribution in [3.05, 3.63) is 58.9 Å². The van der Waals surface area contributed by atoms with Gasteiger partial charge in [-0.25, -0.2) is 12.8 Å². The van der Waals surface area contributed by atoms with E-state index in [2.05, 4.69) is 5.32 Å². The van der Waals surface area contributed by atoms with Gasteiger partial charge in [-0.3, -0.25) is 4.79 Å². The van der Waals surface area contributed by atoms with Gasteiger partial charge in [-0.15, -0.1) is 0 Å². The molecule has 1 N–H and O–H groups in total. The van der Waals surface area contributed by atoms with Crippen LogP contribution in [0.5, 0.6) is 0 Å². The lowest BCUT2D eigenvalue weighted by molar-refractivity contribution is 0.102. The summed E-state index contributed by atoms with van der Waals surface area (Å²) in [6, 6.07) is 9.31. The average molecular weight is 328 g/mol. The van der Waals surface area contributed by atoms with E-state index in [1.165, 1.54) is 36.4 Å². The molecule has 0 saturated heterocycles. The summed E-state index contributed by atoms with van der Waals surface area (Å²) < 4.78 is 35.7. The number of amides is 1. The number of carbonyl (C=O) groups excluding carboxylic acids is 1. The molecule has 0 heterocycles. The maximum atomic E-state index is 13.0. The van der Waals surface area contributed by atoms with Gasteiger partial charge in [0.15, 0.2) is 9.84 Å². The van der Waals surface area contributed by atoms with Gasteiger partial charge in [-0.2, -0.15) is 0 Å². The van der Waals surface area contributed by atoms with E-state index in [1.54, 1.807) is 0 Å². The van der Waals surface area contributed by atoms with Crippen LogP contribution in [-0.2, 0) is 9.84 Å². The Balaban J connectivity index is 2.18. The first-order valence-electron chi connectivity index (χ1n) is 5.84. The molecule has 0 bridgehead atoms. The molecule has 0 unspecified atom stereocenters. The van der Waals surface area contributed by atoms with Crippen LogP contribution in [-0.4, -0.2) is 20.6 Å². The van der Waals surface area contributed by atoms with E-state index in [-0.39, 0.29) is 15.5 Å². The molecule has 2 aromatic rings. The summed E-state index contributed by atoms with van der Waals surface area (Å²) >= 11 is 5.62. The zero-order chi connectivity index (χ0) is 15.6. The number of hydrogen-bond acceptors (Lipinski definition) is 3. The molecule has 0 aliphatic rings. The molecule has 2 aromatic carbocycles. The van der Waals surface area contributed by atoms with Crippen molar-refractivity contribution >= 4 is 33.0 Å². The number of carbonyl (C=O) groups is 1. The van der Waals surface area contributed by atoms with Crippen molar-refractivity contribution in [1.29, 1.82) is 0 Å². The van der Waals surface area contributed by atoms with Crippen molar-refractivity contribution in [3.8, 4) is 0 Å². The van der Waals surface area contributed by atoms with Crippen LogP contribution < -0.4 is 5.32 Å². The van der Waals surface area contributed by atoms with Crippen LogP contribution >= 0.6 is 11.6 Å². The Morgan fingerprint density at radius 1 is 1.14 bits per heavy atom. The fraction of sp³-hybridized carbons (Fsp3) is 0.0714. The molecule has 1 amide bonds. The molecule has 4 nitrogen and oxygen atoms in total. The smallest absolute Gasteiger partial charge is 0.255 e. The predicted octanol–water partition coefficient (Wildman–Crippen LogP) is 3.13. The van der Waals surface area contributed by atoms with Gasteiger partial charge in [0.05, 0.1) is 9.92 Å². The van der Waals surface area contributed by atoms with Crippen molar-refractivity contribution in [3.63, 3.8) is 0 Å². The quantitative estimate of drug-likeness (QED) is 0.942. The van der Waals surface area contributed by atoms with Crippen LogP contribution in [0.3, 0.4) is 0 Å². The van der Waals surface area contributed by atoms with Gasteiger partial charge in [0.2, 0.25) is 0 Å². The molecule has 0 aliphatic heterocycles. The van der Waals surface area contributed by atoms with E-state index in [1.807, 2.05) is 0 Å². The standard InChI is InChI=1S/C14H11ClFNO3S/c1-21(19,20)11-5-2-9(3-6-11)14(18)17-10-4-7-13(16)12(15)8-10/h2-8H,1H3,(H,17,18). The largest absolute Gasteiger partial charge is 0.322 e. The number of anilines is 1. The Bertz CT molecular complexity index is 788. The van der Waals surface area contributed by atoms with Crippen molar-refractivity contribution in [2.24, 2.45) is 0 Å². The van der Waals surface area contributed by atoms with E-state index in [0.29, 0.717) is 5.69 Å². The zero-order valence-corrected chi connectivity index (χ0v) is 12.5. The maximum absolute atomic E-state index is 13.0. The minimum Gasteiger partial charge on any atom is -0.322 e. The summed E-state index contributed by atoms with van der Waals surface area (Å²) in [7, 11) is -3.31. The molecule has 21 heavy (non-hydrogen) atoms. The Labute approximate surface area is 126 Å².